The van der Waals surface area contributed by atoms with Crippen LogP contribution in [0.15, 0.2) is 66.2 Å². The molecule has 0 aliphatic carbocycles. The van der Waals surface area contributed by atoms with Crippen molar-refractivity contribution in [2.75, 3.05) is 13.7 Å². The van der Waals surface area contributed by atoms with Gasteiger partial charge in [-0.3, -0.25) is 4.79 Å². The first-order valence-electron chi connectivity index (χ1n) is 11.3. The fourth-order valence-corrected chi connectivity index (χ4v) is 4.70. The van der Waals surface area contributed by atoms with Gasteiger partial charge < -0.3 is 34.8 Å². The summed E-state index contributed by atoms with van der Waals surface area (Å²) in [4.78, 5) is 25.2. The number of aliphatic hydroxyl groups is 3. The Hall–Kier alpha value is -3.08. The van der Waals surface area contributed by atoms with E-state index in [1.54, 1.807) is 60.7 Å². The van der Waals surface area contributed by atoms with E-state index in [1.807, 2.05) is 0 Å². The van der Waals surface area contributed by atoms with Crippen molar-refractivity contribution in [3.8, 4) is 0 Å². The largest absolute Gasteiger partial charge is 0.451 e. The predicted molar refractivity (Wildman–Crippen MR) is 125 cm³/mol. The Morgan fingerprint density at radius 1 is 1.06 bits per heavy atom. The highest BCUT2D eigenvalue weighted by Crippen LogP contribution is 2.42. The first-order chi connectivity index (χ1) is 16.8. The summed E-state index contributed by atoms with van der Waals surface area (Å²) >= 11 is 0. The predicted octanol–water partition coefficient (Wildman–Crippen LogP) is 0.739. The van der Waals surface area contributed by atoms with Gasteiger partial charge in [-0.1, -0.05) is 60.7 Å². The molecule has 9 heteroatoms. The lowest BCUT2D eigenvalue weighted by Crippen LogP contribution is -2.67. The molecule has 1 amide bonds. The quantitative estimate of drug-likeness (QED) is 0.424. The van der Waals surface area contributed by atoms with Gasteiger partial charge in [-0.25, -0.2) is 4.79 Å². The molecule has 35 heavy (non-hydrogen) atoms. The van der Waals surface area contributed by atoms with Gasteiger partial charge in [0, 0.05) is 19.6 Å². The molecule has 2 aromatic rings. The summed E-state index contributed by atoms with van der Waals surface area (Å²) < 4.78 is 17.0. The lowest BCUT2D eigenvalue weighted by Gasteiger charge is -2.45. The Balaban J connectivity index is 1.84. The van der Waals surface area contributed by atoms with E-state index in [9.17, 15) is 24.9 Å². The number of rotatable bonds is 7. The summed E-state index contributed by atoms with van der Waals surface area (Å²) in [6, 6.07) is 16.5. The van der Waals surface area contributed by atoms with E-state index in [0.29, 0.717) is 11.1 Å². The smallest absolute Gasteiger partial charge is 0.339 e. The molecule has 0 saturated carbocycles. The molecule has 7 atom stereocenters. The van der Waals surface area contributed by atoms with E-state index >= 15 is 0 Å². The Morgan fingerprint density at radius 2 is 1.69 bits per heavy atom. The van der Waals surface area contributed by atoms with Crippen LogP contribution in [0.2, 0.25) is 0 Å². The average Bonchev–Trinajstić information content (AvgIpc) is 3.21. The van der Waals surface area contributed by atoms with Crippen LogP contribution in [0.3, 0.4) is 0 Å². The van der Waals surface area contributed by atoms with Gasteiger partial charge in [0.2, 0.25) is 5.91 Å². The molecule has 2 heterocycles. The lowest BCUT2D eigenvalue weighted by molar-refractivity contribution is -0.217. The third kappa shape index (κ3) is 5.00. The van der Waals surface area contributed by atoms with Crippen LogP contribution >= 0.6 is 0 Å². The third-order valence-electron chi connectivity index (χ3n) is 6.29. The van der Waals surface area contributed by atoms with Crippen molar-refractivity contribution in [3.63, 3.8) is 0 Å². The highest BCUT2D eigenvalue weighted by molar-refractivity contribution is 6.20. The van der Waals surface area contributed by atoms with Gasteiger partial charge in [-0.15, -0.1) is 0 Å². The monoisotopic (exact) mass is 483 g/mol. The average molecular weight is 484 g/mol. The van der Waals surface area contributed by atoms with E-state index in [-0.39, 0.29) is 17.8 Å². The summed E-state index contributed by atoms with van der Waals surface area (Å²) in [7, 11) is 1.42. The van der Waals surface area contributed by atoms with Crippen molar-refractivity contribution in [1.29, 1.82) is 0 Å². The number of hydrogen-bond donors (Lipinski definition) is 4. The van der Waals surface area contributed by atoms with Crippen LogP contribution in [0.25, 0.3) is 5.57 Å². The van der Waals surface area contributed by atoms with Crippen LogP contribution in [-0.4, -0.2) is 77.5 Å². The standard InChI is InChI=1S/C26H29NO8/c1-14(28)27-20-23(31)22(30)17(13-33-2)34-25(20)24-19(21(29)16-11-7-4-8-12-16)18(26(32)35-24)15-9-5-3-6-10-15/h3-12,17,20-25,29-31H,13H2,1-2H3,(H,27,28)/t17-,20-,21?,22-,23-,24?,25+/m1/s1. The zero-order valence-corrected chi connectivity index (χ0v) is 19.4. The molecular weight excluding hydrogens is 454 g/mol. The zero-order valence-electron chi connectivity index (χ0n) is 19.4. The van der Waals surface area contributed by atoms with Gasteiger partial charge in [0.05, 0.1) is 18.2 Å². The topological polar surface area (TPSA) is 135 Å². The first-order valence-corrected chi connectivity index (χ1v) is 11.3. The summed E-state index contributed by atoms with van der Waals surface area (Å²) in [6.07, 6.45) is -7.27. The Morgan fingerprint density at radius 3 is 2.29 bits per heavy atom. The molecule has 2 aliphatic rings. The molecule has 4 N–H and O–H groups in total. The van der Waals surface area contributed by atoms with Gasteiger partial charge in [0.1, 0.15) is 30.5 Å². The number of carbonyl (C=O) groups is 2. The number of benzene rings is 2. The summed E-state index contributed by atoms with van der Waals surface area (Å²) in [5, 5.41) is 35.5. The number of amides is 1. The maximum atomic E-state index is 13.2. The molecule has 0 spiro atoms. The SMILES string of the molecule is COC[C@H]1O[C@H](C2OC(=O)C(c3ccccc3)=C2C(O)c2ccccc2)[C@H](NC(C)=O)[C@@H](O)[C@@H]1O. The highest BCUT2D eigenvalue weighted by atomic mass is 16.6. The maximum Gasteiger partial charge on any atom is 0.339 e. The summed E-state index contributed by atoms with van der Waals surface area (Å²) in [6.45, 7) is 1.22. The molecule has 0 radical (unpaired) electrons. The number of cyclic esters (lactones) is 1. The Kier molecular flexibility index (Phi) is 7.63. The molecule has 2 unspecified atom stereocenters. The van der Waals surface area contributed by atoms with Gasteiger partial charge in [-0.2, -0.15) is 0 Å². The molecular formula is C26H29NO8. The Labute approximate surface area is 202 Å². The molecule has 0 aromatic heterocycles. The third-order valence-corrected chi connectivity index (χ3v) is 6.29. The van der Waals surface area contributed by atoms with Crippen LogP contribution < -0.4 is 5.32 Å². The fraction of sp³-hybridized carbons (Fsp3) is 0.385. The van der Waals surface area contributed by atoms with E-state index in [4.69, 9.17) is 14.2 Å². The summed E-state index contributed by atoms with van der Waals surface area (Å²) in [5.41, 5.74) is 1.50. The highest BCUT2D eigenvalue weighted by Gasteiger charge is 2.53. The molecule has 2 aromatic carbocycles. The van der Waals surface area contributed by atoms with Crippen LogP contribution in [-0.2, 0) is 23.8 Å². The lowest BCUT2D eigenvalue weighted by atomic mass is 9.83. The van der Waals surface area contributed by atoms with Crippen molar-refractivity contribution < 1.29 is 39.1 Å². The molecule has 1 fully saturated rings. The van der Waals surface area contributed by atoms with Crippen LogP contribution in [0.1, 0.15) is 24.2 Å². The van der Waals surface area contributed by atoms with Crippen LogP contribution in [0, 0.1) is 0 Å². The number of methoxy groups -OCH3 is 1. The number of aliphatic hydroxyl groups excluding tert-OH is 3. The number of carbonyl (C=O) groups excluding carboxylic acids is 2. The number of hydrogen-bond acceptors (Lipinski definition) is 8. The molecule has 1 saturated heterocycles. The minimum atomic E-state index is -1.44. The second kappa shape index (κ2) is 10.7. The molecule has 9 nitrogen and oxygen atoms in total. The number of esters is 1. The first kappa shape index (κ1) is 25.0. The van der Waals surface area contributed by atoms with E-state index in [1.165, 1.54) is 14.0 Å². The molecule has 4 rings (SSSR count). The zero-order chi connectivity index (χ0) is 25.1. The van der Waals surface area contributed by atoms with E-state index in [2.05, 4.69) is 5.32 Å². The van der Waals surface area contributed by atoms with Crippen LogP contribution in [0.5, 0.6) is 0 Å². The van der Waals surface area contributed by atoms with Crippen molar-refractivity contribution in [2.24, 2.45) is 0 Å². The second-order valence-electron chi connectivity index (χ2n) is 8.64. The van der Waals surface area contributed by atoms with Gasteiger partial charge in [0.15, 0.2) is 6.10 Å². The van der Waals surface area contributed by atoms with E-state index < -0.39 is 54.5 Å². The van der Waals surface area contributed by atoms with Crippen molar-refractivity contribution in [2.45, 2.75) is 49.6 Å². The van der Waals surface area contributed by atoms with Crippen molar-refractivity contribution in [3.05, 3.63) is 77.4 Å². The van der Waals surface area contributed by atoms with Crippen LogP contribution in [0.4, 0.5) is 0 Å². The minimum Gasteiger partial charge on any atom is -0.451 e. The van der Waals surface area contributed by atoms with Crippen molar-refractivity contribution >= 4 is 17.4 Å². The number of nitrogens with one attached hydrogen (secondary N) is 1. The normalized spacial score (nSPS) is 29.6. The summed E-state index contributed by atoms with van der Waals surface area (Å²) in [5.74, 6) is -1.14. The van der Waals surface area contributed by atoms with Gasteiger partial charge in [-0.05, 0) is 11.1 Å². The maximum absolute atomic E-state index is 13.2. The van der Waals surface area contributed by atoms with Gasteiger partial charge in [0.25, 0.3) is 0 Å². The molecule has 0 bridgehead atoms. The Bertz CT molecular complexity index is 1070. The van der Waals surface area contributed by atoms with Gasteiger partial charge >= 0.3 is 5.97 Å². The van der Waals surface area contributed by atoms with Crippen molar-refractivity contribution in [1.82, 2.24) is 5.32 Å². The molecule has 186 valence electrons. The number of ether oxygens (including phenoxy) is 3. The molecule has 2 aliphatic heterocycles. The fourth-order valence-electron chi connectivity index (χ4n) is 4.70. The second-order valence-corrected chi connectivity index (χ2v) is 8.64. The minimum absolute atomic E-state index is 0.0476. The van der Waals surface area contributed by atoms with E-state index in [0.717, 1.165) is 0 Å².